The van der Waals surface area contributed by atoms with Gasteiger partial charge in [-0.2, -0.15) is 10.4 Å². The van der Waals surface area contributed by atoms with Gasteiger partial charge in [0.2, 0.25) is 0 Å². The molecule has 28 heavy (non-hydrogen) atoms. The molecule has 0 aliphatic heterocycles. The zero-order valence-electron chi connectivity index (χ0n) is 15.0. The number of ether oxygens (including phenoxy) is 1. The number of furan rings is 1. The highest BCUT2D eigenvalue weighted by Crippen LogP contribution is 2.26. The molecule has 7 heteroatoms. The fraction of sp³-hybridized carbons (Fsp3) is 0.0952. The van der Waals surface area contributed by atoms with Crippen LogP contribution in [0.4, 0.5) is 5.82 Å². The van der Waals surface area contributed by atoms with Crippen molar-refractivity contribution in [2.24, 2.45) is 7.05 Å². The van der Waals surface area contributed by atoms with Gasteiger partial charge in [0.15, 0.2) is 5.76 Å². The number of rotatable bonds is 5. The topological polar surface area (TPSA) is 93.1 Å². The third kappa shape index (κ3) is 3.31. The SMILES string of the molecule is Cn1ncc(C#N)c1NC(=O)c1ccc(COc2cccc3ccccc23)o1. The van der Waals surface area contributed by atoms with Crippen LogP contribution in [0.15, 0.2) is 65.2 Å². The predicted octanol–water partition coefficient (Wildman–Crippen LogP) is 3.87. The van der Waals surface area contributed by atoms with Gasteiger partial charge in [-0.15, -0.1) is 0 Å². The number of nitrogens with zero attached hydrogens (tertiary/aromatic N) is 3. The van der Waals surface area contributed by atoms with Crippen molar-refractivity contribution in [2.75, 3.05) is 5.32 Å². The molecule has 0 saturated carbocycles. The molecule has 138 valence electrons. The minimum Gasteiger partial charge on any atom is -0.485 e. The fourth-order valence-electron chi connectivity index (χ4n) is 2.88. The molecule has 0 bridgehead atoms. The molecule has 0 aliphatic rings. The number of anilines is 1. The zero-order valence-corrected chi connectivity index (χ0v) is 15.0. The van der Waals surface area contributed by atoms with E-state index in [4.69, 9.17) is 14.4 Å². The Morgan fingerprint density at radius 2 is 2.04 bits per heavy atom. The van der Waals surface area contributed by atoms with Gasteiger partial charge in [0.05, 0.1) is 6.20 Å². The van der Waals surface area contributed by atoms with E-state index in [1.807, 2.05) is 48.5 Å². The van der Waals surface area contributed by atoms with E-state index in [1.54, 1.807) is 19.2 Å². The van der Waals surface area contributed by atoms with E-state index >= 15 is 0 Å². The van der Waals surface area contributed by atoms with Gasteiger partial charge < -0.3 is 14.5 Å². The maximum atomic E-state index is 12.4. The fourth-order valence-corrected chi connectivity index (χ4v) is 2.88. The van der Waals surface area contributed by atoms with Crippen LogP contribution < -0.4 is 10.1 Å². The molecule has 2 aromatic heterocycles. The normalized spacial score (nSPS) is 10.6. The van der Waals surface area contributed by atoms with Gasteiger partial charge in [0.25, 0.3) is 5.91 Å². The van der Waals surface area contributed by atoms with Crippen LogP contribution in [0.25, 0.3) is 10.8 Å². The van der Waals surface area contributed by atoms with Crippen LogP contribution in [0.5, 0.6) is 5.75 Å². The van der Waals surface area contributed by atoms with E-state index in [1.165, 1.54) is 10.9 Å². The lowest BCUT2D eigenvalue weighted by molar-refractivity contribution is 0.0991. The summed E-state index contributed by atoms with van der Waals surface area (Å²) < 4.78 is 12.9. The van der Waals surface area contributed by atoms with Crippen LogP contribution >= 0.6 is 0 Å². The van der Waals surface area contributed by atoms with E-state index in [2.05, 4.69) is 10.4 Å². The maximum Gasteiger partial charge on any atom is 0.292 e. The molecule has 1 N–H and O–H groups in total. The smallest absolute Gasteiger partial charge is 0.292 e. The first kappa shape index (κ1) is 17.4. The van der Waals surface area contributed by atoms with E-state index < -0.39 is 5.91 Å². The molecule has 0 saturated heterocycles. The highest BCUT2D eigenvalue weighted by molar-refractivity contribution is 6.02. The van der Waals surface area contributed by atoms with E-state index in [9.17, 15) is 4.79 Å². The van der Waals surface area contributed by atoms with Gasteiger partial charge in [0.1, 0.15) is 35.6 Å². The van der Waals surface area contributed by atoms with Gasteiger partial charge in [-0.3, -0.25) is 9.48 Å². The van der Waals surface area contributed by atoms with Gasteiger partial charge in [-0.05, 0) is 23.6 Å². The number of carbonyl (C=O) groups excluding carboxylic acids is 1. The second kappa shape index (κ2) is 7.29. The molecular weight excluding hydrogens is 356 g/mol. The minimum atomic E-state index is -0.462. The van der Waals surface area contributed by atoms with Gasteiger partial charge in [-0.25, -0.2) is 0 Å². The molecule has 7 nitrogen and oxygen atoms in total. The largest absolute Gasteiger partial charge is 0.485 e. The first-order valence-corrected chi connectivity index (χ1v) is 8.58. The van der Waals surface area contributed by atoms with Crippen molar-refractivity contribution in [1.82, 2.24) is 9.78 Å². The molecule has 0 aliphatic carbocycles. The standard InChI is InChI=1S/C21H16N4O3/c1-25-20(15(11-22)12-23-25)24-21(26)19-10-9-16(28-19)13-27-18-8-4-6-14-5-2-3-7-17(14)18/h2-10,12H,13H2,1H3,(H,24,26). The lowest BCUT2D eigenvalue weighted by Crippen LogP contribution is -2.14. The van der Waals surface area contributed by atoms with Gasteiger partial charge in [0, 0.05) is 12.4 Å². The van der Waals surface area contributed by atoms with Gasteiger partial charge in [-0.1, -0.05) is 36.4 Å². The Labute approximate surface area is 160 Å². The monoisotopic (exact) mass is 372 g/mol. The summed E-state index contributed by atoms with van der Waals surface area (Å²) in [6, 6.07) is 19.0. The zero-order chi connectivity index (χ0) is 19.5. The number of benzene rings is 2. The van der Waals surface area contributed by atoms with Crippen LogP contribution in [0.3, 0.4) is 0 Å². The molecule has 0 fully saturated rings. The summed E-state index contributed by atoms with van der Waals surface area (Å²) in [5.41, 5.74) is 0.280. The Bertz CT molecular complexity index is 1190. The Hall–Kier alpha value is -4.05. The van der Waals surface area contributed by atoms with E-state index in [0.29, 0.717) is 11.6 Å². The van der Waals surface area contributed by atoms with Crippen molar-refractivity contribution in [3.8, 4) is 11.8 Å². The van der Waals surface area contributed by atoms with Crippen LogP contribution in [-0.4, -0.2) is 15.7 Å². The molecule has 0 radical (unpaired) electrons. The molecule has 0 unspecified atom stereocenters. The van der Waals surface area contributed by atoms with Crippen molar-refractivity contribution in [1.29, 1.82) is 5.26 Å². The van der Waals surface area contributed by atoms with Gasteiger partial charge >= 0.3 is 0 Å². The number of amides is 1. The molecule has 1 amide bonds. The highest BCUT2D eigenvalue weighted by Gasteiger charge is 2.16. The number of aromatic nitrogens is 2. The summed E-state index contributed by atoms with van der Waals surface area (Å²) in [6.07, 6.45) is 1.39. The van der Waals surface area contributed by atoms with Crippen LogP contribution in [0, 0.1) is 11.3 Å². The quantitative estimate of drug-likeness (QED) is 0.574. The van der Waals surface area contributed by atoms with Crippen molar-refractivity contribution < 1.29 is 13.9 Å². The third-order valence-corrected chi connectivity index (χ3v) is 4.30. The average Bonchev–Trinajstić information content (AvgIpc) is 3.33. The minimum absolute atomic E-state index is 0.126. The second-order valence-corrected chi connectivity index (χ2v) is 6.13. The van der Waals surface area contributed by atoms with Crippen molar-refractivity contribution in [2.45, 2.75) is 6.61 Å². The Morgan fingerprint density at radius 1 is 1.21 bits per heavy atom. The predicted molar refractivity (Wildman–Crippen MR) is 103 cm³/mol. The van der Waals surface area contributed by atoms with Crippen LogP contribution in [0.1, 0.15) is 21.9 Å². The number of carbonyl (C=O) groups is 1. The molecule has 4 rings (SSSR count). The number of nitrogens with one attached hydrogen (secondary N) is 1. The lowest BCUT2D eigenvalue weighted by Gasteiger charge is -2.08. The van der Waals surface area contributed by atoms with Crippen LogP contribution in [-0.2, 0) is 13.7 Å². The second-order valence-electron chi connectivity index (χ2n) is 6.13. The van der Waals surface area contributed by atoms with E-state index in [0.717, 1.165) is 16.5 Å². The number of hydrogen-bond acceptors (Lipinski definition) is 5. The molecule has 0 atom stereocenters. The molecule has 4 aromatic rings. The van der Waals surface area contributed by atoms with E-state index in [-0.39, 0.29) is 17.9 Å². The summed E-state index contributed by atoms with van der Waals surface area (Å²) in [4.78, 5) is 12.4. The highest BCUT2D eigenvalue weighted by atomic mass is 16.5. The summed E-state index contributed by atoms with van der Waals surface area (Å²) in [5.74, 6) is 1.24. The van der Waals surface area contributed by atoms with Crippen molar-refractivity contribution >= 4 is 22.5 Å². The molecule has 2 heterocycles. The first-order chi connectivity index (χ1) is 13.7. The van der Waals surface area contributed by atoms with Crippen LogP contribution in [0.2, 0.25) is 0 Å². The number of nitriles is 1. The van der Waals surface area contributed by atoms with Crippen molar-refractivity contribution in [3.05, 3.63) is 77.9 Å². The Balaban J connectivity index is 1.46. The number of aryl methyl sites for hydroxylation is 1. The Kier molecular flexibility index (Phi) is 4.52. The summed E-state index contributed by atoms with van der Waals surface area (Å²) in [5, 5.41) is 17.8. The number of hydrogen-bond donors (Lipinski definition) is 1. The summed E-state index contributed by atoms with van der Waals surface area (Å²) in [7, 11) is 1.64. The average molecular weight is 372 g/mol. The number of fused-ring (bicyclic) bond motifs is 1. The lowest BCUT2D eigenvalue weighted by atomic mass is 10.1. The third-order valence-electron chi connectivity index (χ3n) is 4.30. The molecular formula is C21H16N4O3. The Morgan fingerprint density at radius 3 is 2.89 bits per heavy atom. The molecule has 0 spiro atoms. The summed E-state index contributed by atoms with van der Waals surface area (Å²) in [6.45, 7) is 0.191. The van der Waals surface area contributed by atoms with Crippen molar-refractivity contribution in [3.63, 3.8) is 0 Å². The maximum absolute atomic E-state index is 12.4. The molecule has 2 aromatic carbocycles. The first-order valence-electron chi connectivity index (χ1n) is 8.58. The summed E-state index contributed by atoms with van der Waals surface area (Å²) >= 11 is 0.